The van der Waals surface area contributed by atoms with Crippen molar-refractivity contribution in [3.8, 4) is 0 Å². The lowest BCUT2D eigenvalue weighted by Crippen LogP contribution is -2.44. The van der Waals surface area contributed by atoms with Gasteiger partial charge in [0.15, 0.2) is 0 Å². The molecule has 1 amide bonds. The van der Waals surface area contributed by atoms with E-state index in [0.29, 0.717) is 11.9 Å². The van der Waals surface area contributed by atoms with Gasteiger partial charge in [0.2, 0.25) is 5.91 Å². The van der Waals surface area contributed by atoms with Gasteiger partial charge >= 0.3 is 0 Å². The number of hydrogen-bond acceptors (Lipinski definition) is 3. The van der Waals surface area contributed by atoms with Gasteiger partial charge in [0.25, 0.3) is 0 Å². The van der Waals surface area contributed by atoms with E-state index >= 15 is 0 Å². The molecule has 3 aliphatic rings. The first kappa shape index (κ1) is 17.2. The van der Waals surface area contributed by atoms with Crippen LogP contribution in [0.3, 0.4) is 0 Å². The van der Waals surface area contributed by atoms with E-state index in [9.17, 15) is 4.79 Å². The van der Waals surface area contributed by atoms with Gasteiger partial charge in [-0.25, -0.2) is 0 Å². The molecule has 1 unspecified atom stereocenters. The van der Waals surface area contributed by atoms with Crippen molar-refractivity contribution in [2.24, 2.45) is 11.8 Å². The van der Waals surface area contributed by atoms with Gasteiger partial charge in [0.05, 0.1) is 0 Å². The molecule has 0 N–H and O–H groups in total. The molecule has 0 bridgehead atoms. The zero-order valence-electron chi connectivity index (χ0n) is 15.2. The molecule has 0 spiro atoms. The number of carbonyl (C=O) groups excluding carboxylic acids is 1. The number of likely N-dealkylation sites (tertiary alicyclic amines) is 2. The number of carbonyl (C=O) groups is 1. The fourth-order valence-corrected chi connectivity index (χ4v) is 4.31. The largest absolute Gasteiger partial charge is 0.343 e. The van der Waals surface area contributed by atoms with Crippen molar-refractivity contribution in [3.05, 3.63) is 0 Å². The van der Waals surface area contributed by atoms with Gasteiger partial charge in [0.1, 0.15) is 0 Å². The minimum absolute atomic E-state index is 0.374. The van der Waals surface area contributed by atoms with Crippen LogP contribution in [0.2, 0.25) is 0 Å². The van der Waals surface area contributed by atoms with Crippen LogP contribution in [0.4, 0.5) is 0 Å². The van der Waals surface area contributed by atoms with E-state index in [2.05, 4.69) is 21.7 Å². The number of piperidine rings is 2. The van der Waals surface area contributed by atoms with Crippen LogP contribution >= 0.6 is 0 Å². The number of nitrogens with zero attached hydrogens (tertiary/aromatic N) is 3. The van der Waals surface area contributed by atoms with Crippen molar-refractivity contribution in [2.75, 3.05) is 46.8 Å². The Kier molecular flexibility index (Phi) is 5.97. The van der Waals surface area contributed by atoms with Crippen LogP contribution in [-0.2, 0) is 4.79 Å². The Labute approximate surface area is 142 Å². The van der Waals surface area contributed by atoms with Crippen LogP contribution in [-0.4, -0.2) is 73.5 Å². The molecule has 2 aliphatic heterocycles. The summed E-state index contributed by atoms with van der Waals surface area (Å²) in [4.78, 5) is 19.6. The predicted molar refractivity (Wildman–Crippen MR) is 94.4 cm³/mol. The predicted octanol–water partition coefficient (Wildman–Crippen LogP) is 2.44. The molecule has 23 heavy (non-hydrogen) atoms. The zero-order chi connectivity index (χ0) is 16.2. The molecule has 4 heteroatoms. The Morgan fingerprint density at radius 1 is 1.04 bits per heavy atom. The molecule has 3 rings (SSSR count). The lowest BCUT2D eigenvalue weighted by Gasteiger charge is -2.36. The summed E-state index contributed by atoms with van der Waals surface area (Å²) in [5, 5.41) is 0. The normalized spacial score (nSPS) is 28.0. The fraction of sp³-hybridized carbons (Fsp3) is 0.947. The summed E-state index contributed by atoms with van der Waals surface area (Å²) in [6, 6.07) is 0.469. The first-order valence-corrected chi connectivity index (χ1v) is 9.78. The van der Waals surface area contributed by atoms with Crippen LogP contribution in [0.5, 0.6) is 0 Å². The molecule has 4 nitrogen and oxygen atoms in total. The summed E-state index contributed by atoms with van der Waals surface area (Å²) >= 11 is 0. The van der Waals surface area contributed by atoms with Crippen LogP contribution in [0.25, 0.3) is 0 Å². The van der Waals surface area contributed by atoms with E-state index in [-0.39, 0.29) is 0 Å². The molecular weight excluding hydrogens is 286 g/mol. The summed E-state index contributed by atoms with van der Waals surface area (Å²) in [7, 11) is 4.20. The molecule has 0 aromatic carbocycles. The Bertz CT molecular complexity index is 388. The van der Waals surface area contributed by atoms with Gasteiger partial charge < -0.3 is 14.7 Å². The highest BCUT2D eigenvalue weighted by atomic mass is 16.2. The van der Waals surface area contributed by atoms with Crippen LogP contribution in [0, 0.1) is 11.8 Å². The minimum atomic E-state index is 0.374. The van der Waals surface area contributed by atoms with Gasteiger partial charge in [-0.05, 0) is 83.5 Å². The van der Waals surface area contributed by atoms with Gasteiger partial charge in [-0.2, -0.15) is 0 Å². The molecule has 1 saturated carbocycles. The lowest BCUT2D eigenvalue weighted by molar-refractivity contribution is -0.133. The summed E-state index contributed by atoms with van der Waals surface area (Å²) in [5.41, 5.74) is 0. The Balaban J connectivity index is 1.37. The molecule has 0 aromatic rings. The maximum absolute atomic E-state index is 12.5. The second-order valence-corrected chi connectivity index (χ2v) is 8.29. The van der Waals surface area contributed by atoms with Crippen molar-refractivity contribution in [1.82, 2.24) is 14.7 Å². The smallest absolute Gasteiger partial charge is 0.222 e. The van der Waals surface area contributed by atoms with E-state index in [0.717, 1.165) is 50.6 Å². The van der Waals surface area contributed by atoms with Crippen molar-refractivity contribution in [1.29, 1.82) is 0 Å². The van der Waals surface area contributed by atoms with Crippen molar-refractivity contribution in [2.45, 2.75) is 57.4 Å². The minimum Gasteiger partial charge on any atom is -0.343 e. The molecular formula is C19H35N3O. The molecule has 2 heterocycles. The third-order valence-electron chi connectivity index (χ3n) is 6.21. The zero-order valence-corrected chi connectivity index (χ0v) is 15.2. The van der Waals surface area contributed by atoms with E-state index in [1.165, 1.54) is 45.3 Å². The molecule has 3 fully saturated rings. The average Bonchev–Trinajstić information content (AvgIpc) is 3.37. The summed E-state index contributed by atoms with van der Waals surface area (Å²) in [6.45, 7) is 6.10. The average molecular weight is 322 g/mol. The van der Waals surface area contributed by atoms with E-state index in [1.54, 1.807) is 0 Å². The molecule has 0 aromatic heterocycles. The quantitative estimate of drug-likeness (QED) is 0.752. The van der Waals surface area contributed by atoms with Crippen molar-refractivity contribution >= 4 is 5.91 Å². The van der Waals surface area contributed by atoms with Gasteiger partial charge in [-0.1, -0.05) is 0 Å². The monoisotopic (exact) mass is 321 g/mol. The Morgan fingerprint density at radius 3 is 2.48 bits per heavy atom. The Hall–Kier alpha value is -0.610. The third-order valence-corrected chi connectivity index (χ3v) is 6.21. The molecule has 1 aliphatic carbocycles. The standard InChI is InChI=1S/C19H35N3O/c1-20-12-9-18(10-13-20)21(2)19(23)8-7-16-4-3-11-22(14-16)15-17-5-6-17/h16-18H,3-15H2,1-2H3. The molecule has 2 saturated heterocycles. The van der Waals surface area contributed by atoms with E-state index in [4.69, 9.17) is 0 Å². The maximum atomic E-state index is 12.5. The van der Waals surface area contributed by atoms with Crippen molar-refractivity contribution < 1.29 is 4.79 Å². The Morgan fingerprint density at radius 2 is 1.78 bits per heavy atom. The number of amides is 1. The van der Waals surface area contributed by atoms with Gasteiger partial charge in [-0.3, -0.25) is 4.79 Å². The van der Waals surface area contributed by atoms with Gasteiger partial charge in [-0.15, -0.1) is 0 Å². The topological polar surface area (TPSA) is 26.8 Å². The van der Waals surface area contributed by atoms with Gasteiger partial charge in [0, 0.05) is 32.6 Å². The number of hydrogen-bond donors (Lipinski definition) is 0. The second kappa shape index (κ2) is 7.98. The highest BCUT2D eigenvalue weighted by molar-refractivity contribution is 5.76. The number of rotatable bonds is 6. The lowest BCUT2D eigenvalue weighted by atomic mass is 9.92. The highest BCUT2D eigenvalue weighted by Crippen LogP contribution is 2.32. The van der Waals surface area contributed by atoms with Crippen molar-refractivity contribution in [3.63, 3.8) is 0 Å². The maximum Gasteiger partial charge on any atom is 0.222 e. The summed E-state index contributed by atoms with van der Waals surface area (Å²) in [6.07, 6.45) is 9.67. The van der Waals surface area contributed by atoms with Crippen LogP contribution < -0.4 is 0 Å². The van der Waals surface area contributed by atoms with E-state index in [1.807, 2.05) is 7.05 Å². The van der Waals surface area contributed by atoms with E-state index < -0.39 is 0 Å². The summed E-state index contributed by atoms with van der Waals surface area (Å²) in [5.74, 6) is 2.11. The van der Waals surface area contributed by atoms with Crippen LogP contribution in [0.15, 0.2) is 0 Å². The molecule has 132 valence electrons. The van der Waals surface area contributed by atoms with Crippen LogP contribution in [0.1, 0.15) is 51.4 Å². The fourth-order valence-electron chi connectivity index (χ4n) is 4.31. The molecule has 1 atom stereocenters. The third kappa shape index (κ3) is 5.18. The molecule has 0 radical (unpaired) electrons. The first-order chi connectivity index (χ1) is 11.1. The highest BCUT2D eigenvalue weighted by Gasteiger charge is 2.28. The summed E-state index contributed by atoms with van der Waals surface area (Å²) < 4.78 is 0. The SMILES string of the molecule is CN1CCC(N(C)C(=O)CCC2CCCN(CC3CC3)C2)CC1. The second-order valence-electron chi connectivity index (χ2n) is 8.29. The first-order valence-electron chi connectivity index (χ1n) is 9.78.